The van der Waals surface area contributed by atoms with Crippen molar-refractivity contribution in [2.24, 2.45) is 0 Å². The predicted molar refractivity (Wildman–Crippen MR) is 97.7 cm³/mol. The standard InChI is InChI=1S/C19H31N3O3/c1-14-6-7-16(12-21-14)8-9-20-15(2)17-13-22(10-11-24-17)18(23)25-19(3,4)5/h6-7,12,15,17,20H,8-11,13H2,1-5H3. The first-order valence-corrected chi connectivity index (χ1v) is 8.99. The minimum Gasteiger partial charge on any atom is -0.444 e. The molecule has 1 fully saturated rings. The van der Waals surface area contributed by atoms with Gasteiger partial charge in [-0.05, 0) is 59.2 Å². The third-order valence-corrected chi connectivity index (χ3v) is 4.16. The lowest BCUT2D eigenvalue weighted by Crippen LogP contribution is -2.53. The van der Waals surface area contributed by atoms with Crippen molar-refractivity contribution < 1.29 is 14.3 Å². The monoisotopic (exact) mass is 349 g/mol. The van der Waals surface area contributed by atoms with Crippen molar-refractivity contribution in [3.63, 3.8) is 0 Å². The van der Waals surface area contributed by atoms with Crippen molar-refractivity contribution >= 4 is 6.09 Å². The molecule has 2 heterocycles. The number of carbonyl (C=O) groups excluding carboxylic acids is 1. The summed E-state index contributed by atoms with van der Waals surface area (Å²) < 4.78 is 11.3. The average molecular weight is 349 g/mol. The van der Waals surface area contributed by atoms with Crippen molar-refractivity contribution in [1.29, 1.82) is 0 Å². The van der Waals surface area contributed by atoms with Gasteiger partial charge < -0.3 is 19.7 Å². The fourth-order valence-electron chi connectivity index (χ4n) is 2.69. The Balaban J connectivity index is 1.77. The molecule has 2 unspecified atom stereocenters. The second-order valence-electron chi connectivity index (χ2n) is 7.64. The lowest BCUT2D eigenvalue weighted by atomic mass is 10.1. The number of hydrogen-bond acceptors (Lipinski definition) is 5. The molecular formula is C19H31N3O3. The molecule has 0 spiro atoms. The van der Waals surface area contributed by atoms with E-state index in [1.165, 1.54) is 5.56 Å². The molecule has 6 nitrogen and oxygen atoms in total. The third-order valence-electron chi connectivity index (χ3n) is 4.16. The zero-order chi connectivity index (χ0) is 18.4. The molecule has 0 bridgehead atoms. The number of aryl methyl sites for hydroxylation is 1. The summed E-state index contributed by atoms with van der Waals surface area (Å²) in [6.07, 6.45) is 2.54. The van der Waals surface area contributed by atoms with Gasteiger partial charge in [0.2, 0.25) is 0 Å². The van der Waals surface area contributed by atoms with Gasteiger partial charge in [-0.25, -0.2) is 4.79 Å². The number of morpholine rings is 1. The molecule has 6 heteroatoms. The smallest absolute Gasteiger partial charge is 0.410 e. The van der Waals surface area contributed by atoms with Gasteiger partial charge in [-0.15, -0.1) is 0 Å². The van der Waals surface area contributed by atoms with Crippen LogP contribution in [-0.4, -0.2) is 60.0 Å². The normalized spacial score (nSPS) is 19.6. The quantitative estimate of drug-likeness (QED) is 0.885. The van der Waals surface area contributed by atoms with E-state index in [0.29, 0.717) is 19.7 Å². The Morgan fingerprint density at radius 1 is 1.48 bits per heavy atom. The highest BCUT2D eigenvalue weighted by atomic mass is 16.6. The highest BCUT2D eigenvalue weighted by Crippen LogP contribution is 2.14. The molecule has 1 amide bonds. The number of rotatable bonds is 5. The maximum Gasteiger partial charge on any atom is 0.410 e. The fourth-order valence-corrected chi connectivity index (χ4v) is 2.69. The topological polar surface area (TPSA) is 63.7 Å². The Morgan fingerprint density at radius 3 is 2.88 bits per heavy atom. The number of nitrogens with zero attached hydrogens (tertiary/aromatic N) is 2. The number of ether oxygens (including phenoxy) is 2. The van der Waals surface area contributed by atoms with Gasteiger partial charge in [0.25, 0.3) is 0 Å². The summed E-state index contributed by atoms with van der Waals surface area (Å²) in [5.74, 6) is 0. The number of pyridine rings is 1. The van der Waals surface area contributed by atoms with Crippen molar-refractivity contribution in [2.75, 3.05) is 26.2 Å². The molecule has 140 valence electrons. The molecule has 2 atom stereocenters. The molecule has 1 aromatic heterocycles. The second kappa shape index (κ2) is 8.63. The van der Waals surface area contributed by atoms with Crippen LogP contribution in [-0.2, 0) is 15.9 Å². The minimum absolute atomic E-state index is 0.0302. The van der Waals surface area contributed by atoms with Gasteiger partial charge in [0.1, 0.15) is 5.60 Å². The highest BCUT2D eigenvalue weighted by Gasteiger charge is 2.30. The third kappa shape index (κ3) is 6.63. The molecule has 0 saturated carbocycles. The van der Waals surface area contributed by atoms with Gasteiger partial charge >= 0.3 is 6.09 Å². The summed E-state index contributed by atoms with van der Waals surface area (Å²) in [4.78, 5) is 18.3. The van der Waals surface area contributed by atoms with Crippen LogP contribution in [0.5, 0.6) is 0 Å². The summed E-state index contributed by atoms with van der Waals surface area (Å²) in [6.45, 7) is 12.2. The second-order valence-corrected chi connectivity index (χ2v) is 7.64. The van der Waals surface area contributed by atoms with E-state index < -0.39 is 5.60 Å². The van der Waals surface area contributed by atoms with E-state index in [-0.39, 0.29) is 18.2 Å². The Kier molecular flexibility index (Phi) is 6.79. The molecule has 1 saturated heterocycles. The number of hydrogen-bond donors (Lipinski definition) is 1. The van der Waals surface area contributed by atoms with E-state index in [0.717, 1.165) is 18.7 Å². The molecule has 25 heavy (non-hydrogen) atoms. The summed E-state index contributed by atoms with van der Waals surface area (Å²) >= 11 is 0. The maximum atomic E-state index is 12.2. The number of nitrogens with one attached hydrogen (secondary N) is 1. The van der Waals surface area contributed by atoms with E-state index in [1.54, 1.807) is 4.90 Å². The van der Waals surface area contributed by atoms with Crippen molar-refractivity contribution in [3.8, 4) is 0 Å². The maximum absolute atomic E-state index is 12.2. The summed E-state index contributed by atoms with van der Waals surface area (Å²) in [5.41, 5.74) is 1.77. The Morgan fingerprint density at radius 2 is 2.24 bits per heavy atom. The molecule has 1 aliphatic heterocycles. The summed E-state index contributed by atoms with van der Waals surface area (Å²) in [7, 11) is 0. The fraction of sp³-hybridized carbons (Fsp3) is 0.684. The zero-order valence-electron chi connectivity index (χ0n) is 16.0. The minimum atomic E-state index is -0.475. The van der Waals surface area contributed by atoms with Crippen LogP contribution in [0.3, 0.4) is 0 Å². The van der Waals surface area contributed by atoms with Crippen LogP contribution in [0.1, 0.15) is 39.0 Å². The van der Waals surface area contributed by atoms with Gasteiger partial charge in [-0.3, -0.25) is 4.98 Å². The van der Waals surface area contributed by atoms with Crippen LogP contribution in [0, 0.1) is 6.92 Å². The largest absolute Gasteiger partial charge is 0.444 e. The van der Waals surface area contributed by atoms with Crippen molar-refractivity contribution in [1.82, 2.24) is 15.2 Å². The molecule has 1 aromatic rings. The predicted octanol–water partition coefficient (Wildman–Crippen LogP) is 2.55. The first-order chi connectivity index (χ1) is 11.7. The van der Waals surface area contributed by atoms with Crippen LogP contribution in [0.15, 0.2) is 18.3 Å². The number of carbonyl (C=O) groups is 1. The van der Waals surface area contributed by atoms with E-state index in [9.17, 15) is 4.79 Å². The van der Waals surface area contributed by atoms with E-state index in [4.69, 9.17) is 9.47 Å². The van der Waals surface area contributed by atoms with Crippen LogP contribution < -0.4 is 5.32 Å². The number of aromatic nitrogens is 1. The molecule has 1 N–H and O–H groups in total. The van der Waals surface area contributed by atoms with Crippen LogP contribution in [0.2, 0.25) is 0 Å². The van der Waals surface area contributed by atoms with E-state index >= 15 is 0 Å². The lowest BCUT2D eigenvalue weighted by molar-refractivity contribution is -0.0524. The Bertz CT molecular complexity index is 554. The van der Waals surface area contributed by atoms with Gasteiger partial charge in [0, 0.05) is 24.5 Å². The SMILES string of the molecule is Cc1ccc(CCNC(C)C2CN(C(=O)OC(C)(C)C)CCO2)cn1. The molecular weight excluding hydrogens is 318 g/mol. The molecule has 0 radical (unpaired) electrons. The summed E-state index contributed by atoms with van der Waals surface area (Å²) in [6, 6.07) is 4.29. The first-order valence-electron chi connectivity index (χ1n) is 8.99. The Labute approximate surface area is 150 Å². The molecule has 0 aliphatic carbocycles. The van der Waals surface area contributed by atoms with Crippen LogP contribution in [0.25, 0.3) is 0 Å². The van der Waals surface area contributed by atoms with Gasteiger partial charge in [-0.2, -0.15) is 0 Å². The van der Waals surface area contributed by atoms with Crippen molar-refractivity contribution in [2.45, 2.75) is 58.8 Å². The molecule has 0 aromatic carbocycles. The average Bonchev–Trinajstić information content (AvgIpc) is 2.55. The highest BCUT2D eigenvalue weighted by molar-refractivity contribution is 5.68. The Hall–Kier alpha value is -1.66. The van der Waals surface area contributed by atoms with Gasteiger partial charge in [-0.1, -0.05) is 6.07 Å². The first kappa shape index (κ1) is 19.7. The number of amides is 1. The van der Waals surface area contributed by atoms with E-state index in [2.05, 4.69) is 23.3 Å². The van der Waals surface area contributed by atoms with E-state index in [1.807, 2.05) is 40.0 Å². The summed E-state index contributed by atoms with van der Waals surface area (Å²) in [5, 5.41) is 3.49. The molecule has 2 rings (SSSR count). The van der Waals surface area contributed by atoms with Crippen LogP contribution >= 0.6 is 0 Å². The van der Waals surface area contributed by atoms with Gasteiger partial charge in [0.15, 0.2) is 0 Å². The lowest BCUT2D eigenvalue weighted by Gasteiger charge is -2.36. The molecule has 1 aliphatic rings. The zero-order valence-corrected chi connectivity index (χ0v) is 16.0. The van der Waals surface area contributed by atoms with Crippen LogP contribution in [0.4, 0.5) is 4.79 Å². The van der Waals surface area contributed by atoms with Crippen molar-refractivity contribution in [3.05, 3.63) is 29.6 Å². The van der Waals surface area contributed by atoms with Gasteiger partial charge in [0.05, 0.1) is 19.3 Å².